The van der Waals surface area contributed by atoms with E-state index in [0.29, 0.717) is 13.1 Å². The minimum absolute atomic E-state index is 0.0819. The van der Waals surface area contributed by atoms with Crippen LogP contribution >= 0.6 is 0 Å². The molecular weight excluding hydrogens is 193 g/mol. The first-order chi connectivity index (χ1) is 6.40. The van der Waals surface area contributed by atoms with Gasteiger partial charge in [0.1, 0.15) is 0 Å². The Labute approximate surface area is 83.5 Å². The summed E-state index contributed by atoms with van der Waals surface area (Å²) in [6, 6.07) is -0.0819. The van der Waals surface area contributed by atoms with Crippen molar-refractivity contribution in [2.75, 3.05) is 26.7 Å². The highest BCUT2D eigenvalue weighted by atomic mass is 19.4. The maximum absolute atomic E-state index is 12.2. The Morgan fingerprint density at radius 3 is 2.29 bits per heavy atom. The van der Waals surface area contributed by atoms with E-state index < -0.39 is 12.7 Å². The molecule has 0 spiro atoms. The predicted molar refractivity (Wildman–Crippen MR) is 51.3 cm³/mol. The van der Waals surface area contributed by atoms with Crippen molar-refractivity contribution in [2.45, 2.75) is 32.5 Å². The summed E-state index contributed by atoms with van der Waals surface area (Å²) in [4.78, 5) is 1.45. The molecule has 0 fully saturated rings. The molecule has 1 N–H and O–H groups in total. The number of likely N-dealkylation sites (N-methyl/N-ethyl adjacent to an activating group) is 1. The van der Waals surface area contributed by atoms with Crippen molar-refractivity contribution in [1.82, 2.24) is 10.2 Å². The molecule has 0 aromatic rings. The lowest BCUT2D eigenvalue weighted by Gasteiger charge is -2.29. The number of hydrogen-bond donors (Lipinski definition) is 1. The smallest absolute Gasteiger partial charge is 0.318 e. The monoisotopic (exact) mass is 212 g/mol. The van der Waals surface area contributed by atoms with Gasteiger partial charge in [-0.3, -0.25) is 4.90 Å². The first kappa shape index (κ1) is 13.7. The van der Waals surface area contributed by atoms with Gasteiger partial charge in [-0.05, 0) is 26.9 Å². The van der Waals surface area contributed by atoms with E-state index in [1.807, 2.05) is 6.92 Å². The van der Waals surface area contributed by atoms with Gasteiger partial charge in [-0.25, -0.2) is 0 Å². The molecule has 0 saturated heterocycles. The Morgan fingerprint density at radius 1 is 1.36 bits per heavy atom. The zero-order chi connectivity index (χ0) is 11.2. The van der Waals surface area contributed by atoms with Gasteiger partial charge >= 0.3 is 6.18 Å². The number of hydrogen-bond acceptors (Lipinski definition) is 2. The van der Waals surface area contributed by atoms with Crippen LogP contribution in [-0.4, -0.2) is 43.8 Å². The minimum atomic E-state index is -4.10. The summed E-state index contributed by atoms with van der Waals surface area (Å²) in [7, 11) is 1.74. The fraction of sp³-hybridized carbons (Fsp3) is 1.00. The standard InChI is InChI=1S/C9H19F3N2/c1-4-5-14(7-9(10,11)12)8(2)6-13-3/h8,13H,4-7H2,1-3H3. The lowest BCUT2D eigenvalue weighted by molar-refractivity contribution is -0.150. The van der Waals surface area contributed by atoms with Gasteiger partial charge in [0.15, 0.2) is 0 Å². The predicted octanol–water partition coefficient (Wildman–Crippen LogP) is 1.87. The van der Waals surface area contributed by atoms with E-state index in [-0.39, 0.29) is 6.04 Å². The van der Waals surface area contributed by atoms with Gasteiger partial charge in [-0.15, -0.1) is 0 Å². The summed E-state index contributed by atoms with van der Waals surface area (Å²) in [5.74, 6) is 0. The van der Waals surface area contributed by atoms with Crippen LogP contribution in [0.1, 0.15) is 20.3 Å². The molecule has 0 amide bonds. The van der Waals surface area contributed by atoms with Crippen molar-refractivity contribution >= 4 is 0 Å². The average molecular weight is 212 g/mol. The van der Waals surface area contributed by atoms with Crippen LogP contribution < -0.4 is 5.32 Å². The van der Waals surface area contributed by atoms with Crippen LogP contribution in [0.4, 0.5) is 13.2 Å². The molecule has 1 unspecified atom stereocenters. The van der Waals surface area contributed by atoms with E-state index in [2.05, 4.69) is 5.32 Å². The second-order valence-electron chi connectivity index (χ2n) is 3.49. The van der Waals surface area contributed by atoms with Gasteiger partial charge in [0.05, 0.1) is 6.54 Å². The van der Waals surface area contributed by atoms with Crippen molar-refractivity contribution in [3.63, 3.8) is 0 Å². The van der Waals surface area contributed by atoms with Crippen LogP contribution in [0.5, 0.6) is 0 Å². The summed E-state index contributed by atoms with van der Waals surface area (Å²) in [6.07, 6.45) is -3.36. The van der Waals surface area contributed by atoms with E-state index in [4.69, 9.17) is 0 Å². The molecule has 0 saturated carbocycles. The zero-order valence-corrected chi connectivity index (χ0v) is 8.99. The number of nitrogens with one attached hydrogen (secondary N) is 1. The largest absolute Gasteiger partial charge is 0.401 e. The molecule has 0 aliphatic rings. The van der Waals surface area contributed by atoms with Gasteiger partial charge < -0.3 is 5.32 Å². The number of alkyl halides is 3. The first-order valence-corrected chi connectivity index (χ1v) is 4.86. The number of halogens is 3. The summed E-state index contributed by atoms with van der Waals surface area (Å²) < 4.78 is 36.5. The van der Waals surface area contributed by atoms with E-state index >= 15 is 0 Å². The van der Waals surface area contributed by atoms with Gasteiger partial charge in [0.25, 0.3) is 0 Å². The van der Waals surface area contributed by atoms with Crippen LogP contribution in [0.15, 0.2) is 0 Å². The summed E-state index contributed by atoms with van der Waals surface area (Å²) >= 11 is 0. The van der Waals surface area contributed by atoms with E-state index in [0.717, 1.165) is 6.42 Å². The van der Waals surface area contributed by atoms with Crippen LogP contribution in [0.25, 0.3) is 0 Å². The molecule has 0 bridgehead atoms. The molecule has 0 aliphatic heterocycles. The second-order valence-corrected chi connectivity index (χ2v) is 3.49. The topological polar surface area (TPSA) is 15.3 Å². The lowest BCUT2D eigenvalue weighted by atomic mass is 10.2. The molecule has 2 nitrogen and oxygen atoms in total. The molecule has 5 heteroatoms. The zero-order valence-electron chi connectivity index (χ0n) is 8.99. The van der Waals surface area contributed by atoms with Gasteiger partial charge in [0.2, 0.25) is 0 Å². The fourth-order valence-corrected chi connectivity index (χ4v) is 1.40. The molecule has 0 aliphatic carbocycles. The molecule has 0 heterocycles. The summed E-state index contributed by atoms with van der Waals surface area (Å²) in [6.45, 7) is 3.94. The highest BCUT2D eigenvalue weighted by Crippen LogP contribution is 2.17. The third-order valence-electron chi connectivity index (χ3n) is 2.02. The number of nitrogens with zero attached hydrogens (tertiary/aromatic N) is 1. The Kier molecular flexibility index (Phi) is 6.11. The third-order valence-corrected chi connectivity index (χ3v) is 2.02. The normalized spacial score (nSPS) is 14.8. The van der Waals surface area contributed by atoms with Crippen molar-refractivity contribution in [3.8, 4) is 0 Å². The second kappa shape index (κ2) is 6.24. The third kappa shape index (κ3) is 6.21. The Balaban J connectivity index is 4.13. The maximum atomic E-state index is 12.2. The van der Waals surface area contributed by atoms with E-state index in [1.54, 1.807) is 14.0 Å². The molecule has 0 rings (SSSR count). The van der Waals surface area contributed by atoms with Crippen molar-refractivity contribution < 1.29 is 13.2 Å². The highest BCUT2D eigenvalue weighted by Gasteiger charge is 2.31. The Bertz CT molecular complexity index is 147. The summed E-state index contributed by atoms with van der Waals surface area (Å²) in [5, 5.41) is 2.88. The molecule has 0 radical (unpaired) electrons. The molecule has 0 aromatic heterocycles. The van der Waals surface area contributed by atoms with Gasteiger partial charge in [-0.2, -0.15) is 13.2 Å². The van der Waals surface area contributed by atoms with Gasteiger partial charge in [-0.1, -0.05) is 6.92 Å². The Morgan fingerprint density at radius 2 is 1.93 bits per heavy atom. The molecule has 86 valence electrons. The Hall–Kier alpha value is -0.290. The summed E-state index contributed by atoms with van der Waals surface area (Å²) in [5.41, 5.74) is 0. The quantitative estimate of drug-likeness (QED) is 0.723. The number of rotatable bonds is 6. The van der Waals surface area contributed by atoms with Gasteiger partial charge in [0, 0.05) is 12.6 Å². The average Bonchev–Trinajstić information content (AvgIpc) is 2.01. The molecular formula is C9H19F3N2. The molecule has 1 atom stereocenters. The van der Waals surface area contributed by atoms with Crippen LogP contribution in [0, 0.1) is 0 Å². The van der Waals surface area contributed by atoms with Crippen LogP contribution in [-0.2, 0) is 0 Å². The fourth-order valence-electron chi connectivity index (χ4n) is 1.40. The maximum Gasteiger partial charge on any atom is 0.401 e. The highest BCUT2D eigenvalue weighted by molar-refractivity contribution is 4.71. The van der Waals surface area contributed by atoms with E-state index in [9.17, 15) is 13.2 Å². The molecule has 14 heavy (non-hydrogen) atoms. The lowest BCUT2D eigenvalue weighted by Crippen LogP contribution is -2.44. The minimum Gasteiger partial charge on any atom is -0.318 e. The van der Waals surface area contributed by atoms with Crippen LogP contribution in [0.2, 0.25) is 0 Å². The van der Waals surface area contributed by atoms with Crippen LogP contribution in [0.3, 0.4) is 0 Å². The van der Waals surface area contributed by atoms with Crippen molar-refractivity contribution in [1.29, 1.82) is 0 Å². The van der Waals surface area contributed by atoms with Crippen molar-refractivity contribution in [3.05, 3.63) is 0 Å². The van der Waals surface area contributed by atoms with E-state index in [1.165, 1.54) is 4.90 Å². The van der Waals surface area contributed by atoms with Crippen molar-refractivity contribution in [2.24, 2.45) is 0 Å². The molecule has 0 aromatic carbocycles. The SMILES string of the molecule is CCCN(CC(F)(F)F)C(C)CNC. The first-order valence-electron chi connectivity index (χ1n) is 4.86.